The van der Waals surface area contributed by atoms with E-state index in [1.807, 2.05) is 18.2 Å². The zero-order chi connectivity index (χ0) is 18.9. The van der Waals surface area contributed by atoms with Crippen molar-refractivity contribution in [2.45, 2.75) is 6.61 Å². The number of methoxy groups -OCH3 is 1. The quantitative estimate of drug-likeness (QED) is 0.625. The van der Waals surface area contributed by atoms with Crippen molar-refractivity contribution in [3.05, 3.63) is 63.6 Å². The van der Waals surface area contributed by atoms with Crippen LogP contribution >= 0.6 is 23.2 Å². The Bertz CT molecular complexity index is 784. The number of carbonyl (C=O) groups is 2. The first-order valence-corrected chi connectivity index (χ1v) is 8.61. The number of anilines is 1. The van der Waals surface area contributed by atoms with Crippen LogP contribution in [0, 0.1) is 0 Å². The lowest BCUT2D eigenvalue weighted by Gasteiger charge is -2.10. The smallest absolute Gasteiger partial charge is 0.319 e. The molecule has 6 nitrogen and oxygen atoms in total. The predicted octanol–water partition coefficient (Wildman–Crippen LogP) is 3.69. The van der Waals surface area contributed by atoms with Crippen LogP contribution in [0.25, 0.3) is 0 Å². The highest BCUT2D eigenvalue weighted by atomic mass is 35.5. The van der Waals surface area contributed by atoms with Gasteiger partial charge in [0.05, 0.1) is 16.7 Å². The summed E-state index contributed by atoms with van der Waals surface area (Å²) in [4.78, 5) is 23.9. The fraction of sp³-hybridized carbons (Fsp3) is 0.222. The second-order valence-corrected chi connectivity index (χ2v) is 6.21. The van der Waals surface area contributed by atoms with Crippen molar-refractivity contribution in [2.24, 2.45) is 0 Å². The van der Waals surface area contributed by atoms with Crippen LogP contribution in [-0.4, -0.2) is 32.1 Å². The average molecular weight is 396 g/mol. The van der Waals surface area contributed by atoms with Crippen molar-refractivity contribution >= 4 is 40.8 Å². The van der Waals surface area contributed by atoms with E-state index in [0.717, 1.165) is 5.56 Å². The van der Waals surface area contributed by atoms with Crippen molar-refractivity contribution in [3.8, 4) is 0 Å². The van der Waals surface area contributed by atoms with E-state index >= 15 is 0 Å². The standard InChI is InChI=1S/C18H19Cl2N3O3/c1-26-11-12-3-2-4-14(9-12)23-18(25)22-8-7-21-17(24)13-5-6-15(19)16(20)10-13/h2-6,9-10H,7-8,11H2,1H3,(H,21,24)(H2,22,23,25). The van der Waals surface area contributed by atoms with Gasteiger partial charge in [0.1, 0.15) is 0 Å². The molecule has 2 aromatic carbocycles. The Morgan fingerprint density at radius 3 is 2.50 bits per heavy atom. The van der Waals surface area contributed by atoms with E-state index in [1.54, 1.807) is 25.3 Å². The molecular weight excluding hydrogens is 377 g/mol. The van der Waals surface area contributed by atoms with Gasteiger partial charge < -0.3 is 20.7 Å². The van der Waals surface area contributed by atoms with E-state index in [1.165, 1.54) is 6.07 Å². The third-order valence-corrected chi connectivity index (χ3v) is 4.11. The molecule has 0 heterocycles. The maximum Gasteiger partial charge on any atom is 0.319 e. The lowest BCUT2D eigenvalue weighted by atomic mass is 10.2. The van der Waals surface area contributed by atoms with Gasteiger partial charge in [-0.05, 0) is 35.9 Å². The molecule has 3 amide bonds. The van der Waals surface area contributed by atoms with Gasteiger partial charge in [0.15, 0.2) is 0 Å². The van der Waals surface area contributed by atoms with E-state index in [9.17, 15) is 9.59 Å². The number of hydrogen-bond donors (Lipinski definition) is 3. The molecule has 0 aromatic heterocycles. The van der Waals surface area contributed by atoms with Gasteiger partial charge in [-0.3, -0.25) is 4.79 Å². The van der Waals surface area contributed by atoms with Gasteiger partial charge in [0, 0.05) is 31.5 Å². The Balaban J connectivity index is 1.73. The lowest BCUT2D eigenvalue weighted by molar-refractivity contribution is 0.0954. The monoisotopic (exact) mass is 395 g/mol. The van der Waals surface area contributed by atoms with Gasteiger partial charge >= 0.3 is 6.03 Å². The molecule has 2 rings (SSSR count). The Morgan fingerprint density at radius 2 is 1.77 bits per heavy atom. The first-order chi connectivity index (χ1) is 12.5. The van der Waals surface area contributed by atoms with E-state index in [-0.39, 0.29) is 25.0 Å². The van der Waals surface area contributed by atoms with Crippen LogP contribution in [-0.2, 0) is 11.3 Å². The summed E-state index contributed by atoms with van der Waals surface area (Å²) in [7, 11) is 1.61. The molecule has 0 fully saturated rings. The molecule has 3 N–H and O–H groups in total. The van der Waals surface area contributed by atoms with Gasteiger partial charge in [0.25, 0.3) is 5.91 Å². The molecule has 0 aliphatic carbocycles. The molecule has 0 spiro atoms. The molecule has 0 bridgehead atoms. The number of ether oxygens (including phenoxy) is 1. The van der Waals surface area contributed by atoms with Crippen molar-refractivity contribution in [1.82, 2.24) is 10.6 Å². The highest BCUT2D eigenvalue weighted by Gasteiger charge is 2.08. The van der Waals surface area contributed by atoms with Gasteiger partial charge in [0.2, 0.25) is 0 Å². The van der Waals surface area contributed by atoms with Gasteiger partial charge in [-0.25, -0.2) is 4.79 Å². The Morgan fingerprint density at radius 1 is 1.00 bits per heavy atom. The Labute approximate surface area is 161 Å². The van der Waals surface area contributed by atoms with Crippen molar-refractivity contribution < 1.29 is 14.3 Å². The van der Waals surface area contributed by atoms with Crippen LogP contribution in [0.15, 0.2) is 42.5 Å². The van der Waals surface area contributed by atoms with Crippen LogP contribution < -0.4 is 16.0 Å². The predicted molar refractivity (Wildman–Crippen MR) is 103 cm³/mol. The number of hydrogen-bond acceptors (Lipinski definition) is 3. The third-order valence-electron chi connectivity index (χ3n) is 3.37. The van der Waals surface area contributed by atoms with Crippen LogP contribution in [0.2, 0.25) is 10.0 Å². The SMILES string of the molecule is COCc1cccc(NC(=O)NCCNC(=O)c2ccc(Cl)c(Cl)c2)c1. The van der Waals surface area contributed by atoms with Crippen LogP contribution in [0.3, 0.4) is 0 Å². The minimum absolute atomic E-state index is 0.274. The van der Waals surface area contributed by atoms with Crippen LogP contribution in [0.5, 0.6) is 0 Å². The van der Waals surface area contributed by atoms with Gasteiger partial charge in [-0.15, -0.1) is 0 Å². The number of halogens is 2. The molecule has 0 aliphatic rings. The second-order valence-electron chi connectivity index (χ2n) is 5.40. The summed E-state index contributed by atoms with van der Waals surface area (Å²) in [5.74, 6) is -0.293. The van der Waals surface area contributed by atoms with Gasteiger partial charge in [-0.1, -0.05) is 35.3 Å². The summed E-state index contributed by atoms with van der Waals surface area (Å²) in [6, 6.07) is 11.6. The fourth-order valence-corrected chi connectivity index (χ4v) is 2.47. The number of nitrogens with one attached hydrogen (secondary N) is 3. The van der Waals surface area contributed by atoms with Crippen molar-refractivity contribution in [2.75, 3.05) is 25.5 Å². The largest absolute Gasteiger partial charge is 0.380 e. The summed E-state index contributed by atoms with van der Waals surface area (Å²) in [5, 5.41) is 8.78. The van der Waals surface area contributed by atoms with E-state index in [0.29, 0.717) is 27.9 Å². The summed E-state index contributed by atoms with van der Waals surface area (Å²) in [6.45, 7) is 1.02. The Kier molecular flexibility index (Phi) is 7.72. The molecule has 138 valence electrons. The maximum atomic E-state index is 12.0. The summed E-state index contributed by atoms with van der Waals surface area (Å²) < 4.78 is 5.06. The van der Waals surface area contributed by atoms with Crippen LogP contribution in [0.1, 0.15) is 15.9 Å². The molecule has 2 aromatic rings. The number of amides is 3. The second kappa shape index (κ2) is 10.0. The molecule has 8 heteroatoms. The zero-order valence-corrected chi connectivity index (χ0v) is 15.7. The molecule has 0 saturated carbocycles. The fourth-order valence-electron chi connectivity index (χ4n) is 2.17. The highest BCUT2D eigenvalue weighted by molar-refractivity contribution is 6.42. The summed E-state index contributed by atoms with van der Waals surface area (Å²) in [5.41, 5.74) is 2.02. The number of urea groups is 1. The van der Waals surface area contributed by atoms with Crippen LogP contribution in [0.4, 0.5) is 10.5 Å². The molecule has 0 unspecified atom stereocenters. The van der Waals surface area contributed by atoms with E-state index < -0.39 is 0 Å². The number of carbonyl (C=O) groups excluding carboxylic acids is 2. The van der Waals surface area contributed by atoms with Crippen molar-refractivity contribution in [1.29, 1.82) is 0 Å². The number of rotatable bonds is 7. The minimum Gasteiger partial charge on any atom is -0.380 e. The third kappa shape index (κ3) is 6.22. The lowest BCUT2D eigenvalue weighted by Crippen LogP contribution is -2.36. The zero-order valence-electron chi connectivity index (χ0n) is 14.1. The Hall–Kier alpha value is -2.28. The minimum atomic E-state index is -0.358. The molecule has 0 radical (unpaired) electrons. The topological polar surface area (TPSA) is 79.5 Å². The van der Waals surface area contributed by atoms with E-state index in [2.05, 4.69) is 16.0 Å². The normalized spacial score (nSPS) is 10.3. The number of benzene rings is 2. The molecule has 0 saturated heterocycles. The molecule has 0 atom stereocenters. The summed E-state index contributed by atoms with van der Waals surface area (Å²) >= 11 is 11.7. The first-order valence-electron chi connectivity index (χ1n) is 7.85. The van der Waals surface area contributed by atoms with Crippen molar-refractivity contribution in [3.63, 3.8) is 0 Å². The maximum absolute atomic E-state index is 12.0. The average Bonchev–Trinajstić information content (AvgIpc) is 2.61. The first kappa shape index (κ1) is 20.0. The van der Waals surface area contributed by atoms with Gasteiger partial charge in [-0.2, -0.15) is 0 Å². The highest BCUT2D eigenvalue weighted by Crippen LogP contribution is 2.22. The van der Waals surface area contributed by atoms with E-state index in [4.69, 9.17) is 27.9 Å². The molecule has 0 aliphatic heterocycles. The molecule has 26 heavy (non-hydrogen) atoms. The summed E-state index contributed by atoms with van der Waals surface area (Å²) in [6.07, 6.45) is 0. The molecular formula is C18H19Cl2N3O3.